The Balaban J connectivity index is 2.00. The molecule has 0 aliphatic carbocycles. The first-order valence-electron chi connectivity index (χ1n) is 6.11. The van der Waals surface area contributed by atoms with Gasteiger partial charge in [0.2, 0.25) is 0 Å². The van der Waals surface area contributed by atoms with E-state index in [1.807, 2.05) is 19.2 Å². The minimum Gasteiger partial charge on any atom is -0.495 e. The molecule has 0 bridgehead atoms. The standard InChI is InChI=1S/C13H21N3O/c1-13(14-2)6-8-16(9-7-13)12-5-4-11(17-3)10-15-12/h4-5,10,14H,6-9H2,1-3H3. The molecule has 0 amide bonds. The van der Waals surface area contributed by atoms with Gasteiger partial charge in [-0.1, -0.05) is 0 Å². The monoisotopic (exact) mass is 235 g/mol. The summed E-state index contributed by atoms with van der Waals surface area (Å²) in [5, 5.41) is 3.40. The molecule has 1 saturated heterocycles. The van der Waals surface area contributed by atoms with E-state index < -0.39 is 0 Å². The molecule has 1 aromatic heterocycles. The summed E-state index contributed by atoms with van der Waals surface area (Å²) in [6.07, 6.45) is 4.08. The van der Waals surface area contributed by atoms with Gasteiger partial charge in [0.25, 0.3) is 0 Å². The topological polar surface area (TPSA) is 37.4 Å². The molecule has 17 heavy (non-hydrogen) atoms. The molecule has 0 spiro atoms. The highest BCUT2D eigenvalue weighted by molar-refractivity contribution is 5.41. The van der Waals surface area contributed by atoms with Crippen molar-refractivity contribution >= 4 is 5.82 Å². The molecule has 94 valence electrons. The average molecular weight is 235 g/mol. The predicted octanol–water partition coefficient (Wildman–Crippen LogP) is 1.67. The smallest absolute Gasteiger partial charge is 0.137 e. The molecule has 1 N–H and O–H groups in total. The van der Waals surface area contributed by atoms with Crippen molar-refractivity contribution in [2.24, 2.45) is 0 Å². The van der Waals surface area contributed by atoms with Crippen molar-refractivity contribution in [2.75, 3.05) is 32.1 Å². The van der Waals surface area contributed by atoms with E-state index in [0.717, 1.165) is 37.5 Å². The van der Waals surface area contributed by atoms with Crippen molar-refractivity contribution in [3.63, 3.8) is 0 Å². The van der Waals surface area contributed by atoms with E-state index in [1.165, 1.54) is 0 Å². The summed E-state index contributed by atoms with van der Waals surface area (Å²) in [5.74, 6) is 1.86. The maximum absolute atomic E-state index is 5.12. The highest BCUT2D eigenvalue weighted by Crippen LogP contribution is 2.25. The molecule has 2 rings (SSSR count). The lowest BCUT2D eigenvalue weighted by atomic mass is 9.90. The van der Waals surface area contributed by atoms with Crippen LogP contribution in [0.3, 0.4) is 0 Å². The third-order valence-electron chi connectivity index (χ3n) is 3.75. The van der Waals surface area contributed by atoms with Gasteiger partial charge in [0, 0.05) is 18.6 Å². The van der Waals surface area contributed by atoms with E-state index >= 15 is 0 Å². The molecular formula is C13H21N3O. The van der Waals surface area contributed by atoms with Gasteiger partial charge >= 0.3 is 0 Å². The van der Waals surface area contributed by atoms with Gasteiger partial charge in [-0.3, -0.25) is 0 Å². The zero-order valence-corrected chi connectivity index (χ0v) is 10.9. The van der Waals surface area contributed by atoms with Crippen molar-refractivity contribution in [1.82, 2.24) is 10.3 Å². The maximum atomic E-state index is 5.12. The average Bonchev–Trinajstić information content (AvgIpc) is 2.40. The number of ether oxygens (including phenoxy) is 1. The van der Waals surface area contributed by atoms with Crippen LogP contribution in [0.1, 0.15) is 19.8 Å². The fourth-order valence-electron chi connectivity index (χ4n) is 2.16. The van der Waals surface area contributed by atoms with Gasteiger partial charge in [0.1, 0.15) is 11.6 Å². The summed E-state index contributed by atoms with van der Waals surface area (Å²) in [4.78, 5) is 6.76. The first-order valence-corrected chi connectivity index (χ1v) is 6.11. The third-order valence-corrected chi connectivity index (χ3v) is 3.75. The number of aromatic nitrogens is 1. The zero-order valence-electron chi connectivity index (χ0n) is 10.9. The van der Waals surface area contributed by atoms with Crippen molar-refractivity contribution in [2.45, 2.75) is 25.3 Å². The number of piperidine rings is 1. The first-order chi connectivity index (χ1) is 8.17. The number of nitrogens with one attached hydrogen (secondary N) is 1. The summed E-state index contributed by atoms with van der Waals surface area (Å²) in [6.45, 7) is 4.39. The van der Waals surface area contributed by atoms with Crippen LogP contribution >= 0.6 is 0 Å². The Morgan fingerprint density at radius 2 is 2.06 bits per heavy atom. The van der Waals surface area contributed by atoms with Crippen LogP contribution in [-0.4, -0.2) is 37.8 Å². The molecule has 4 heteroatoms. The van der Waals surface area contributed by atoms with E-state index in [-0.39, 0.29) is 5.54 Å². The van der Waals surface area contributed by atoms with Gasteiger partial charge in [-0.05, 0) is 38.9 Å². The Bertz CT molecular complexity index is 355. The normalized spacial score (nSPS) is 19.1. The molecule has 1 aliphatic rings. The lowest BCUT2D eigenvalue weighted by molar-refractivity contribution is 0.304. The summed E-state index contributed by atoms with van der Waals surface area (Å²) >= 11 is 0. The van der Waals surface area contributed by atoms with E-state index in [4.69, 9.17) is 4.74 Å². The van der Waals surface area contributed by atoms with Crippen LogP contribution in [0.25, 0.3) is 0 Å². The Morgan fingerprint density at radius 3 is 2.53 bits per heavy atom. The molecule has 0 unspecified atom stereocenters. The Hall–Kier alpha value is -1.29. The second kappa shape index (κ2) is 4.92. The molecule has 0 atom stereocenters. The van der Waals surface area contributed by atoms with Crippen LogP contribution in [-0.2, 0) is 0 Å². The molecule has 4 nitrogen and oxygen atoms in total. The zero-order chi connectivity index (χ0) is 12.3. The Labute approximate surface area is 103 Å². The molecule has 2 heterocycles. The number of rotatable bonds is 3. The number of hydrogen-bond donors (Lipinski definition) is 1. The molecular weight excluding hydrogens is 214 g/mol. The number of nitrogens with zero attached hydrogens (tertiary/aromatic N) is 2. The van der Waals surface area contributed by atoms with Gasteiger partial charge in [-0.25, -0.2) is 4.98 Å². The fourth-order valence-corrected chi connectivity index (χ4v) is 2.16. The number of anilines is 1. The lowest BCUT2D eigenvalue weighted by Crippen LogP contribution is -2.50. The summed E-state index contributed by atoms with van der Waals surface area (Å²) in [6, 6.07) is 4.00. The molecule has 0 radical (unpaired) electrons. The third kappa shape index (κ3) is 2.69. The van der Waals surface area contributed by atoms with Crippen molar-refractivity contribution in [3.8, 4) is 5.75 Å². The van der Waals surface area contributed by atoms with Gasteiger partial charge in [-0.15, -0.1) is 0 Å². The fraction of sp³-hybridized carbons (Fsp3) is 0.615. The largest absolute Gasteiger partial charge is 0.495 e. The number of pyridine rings is 1. The molecule has 1 aromatic rings. The van der Waals surface area contributed by atoms with Gasteiger partial charge in [-0.2, -0.15) is 0 Å². The molecule has 0 saturated carbocycles. The quantitative estimate of drug-likeness (QED) is 0.864. The minimum absolute atomic E-state index is 0.281. The second-order valence-corrected chi connectivity index (χ2v) is 4.85. The molecule has 0 aromatic carbocycles. The summed E-state index contributed by atoms with van der Waals surface area (Å²) in [7, 11) is 3.71. The highest BCUT2D eigenvalue weighted by atomic mass is 16.5. The summed E-state index contributed by atoms with van der Waals surface area (Å²) < 4.78 is 5.12. The van der Waals surface area contributed by atoms with Crippen LogP contribution in [0, 0.1) is 0 Å². The van der Waals surface area contributed by atoms with Crippen molar-refractivity contribution < 1.29 is 4.74 Å². The Morgan fingerprint density at radius 1 is 1.35 bits per heavy atom. The van der Waals surface area contributed by atoms with Gasteiger partial charge < -0.3 is 15.0 Å². The predicted molar refractivity (Wildman–Crippen MR) is 69.7 cm³/mol. The minimum atomic E-state index is 0.281. The van der Waals surface area contributed by atoms with E-state index in [1.54, 1.807) is 13.3 Å². The highest BCUT2D eigenvalue weighted by Gasteiger charge is 2.28. The van der Waals surface area contributed by atoms with E-state index in [9.17, 15) is 0 Å². The van der Waals surface area contributed by atoms with Gasteiger partial charge in [0.15, 0.2) is 0 Å². The van der Waals surface area contributed by atoms with Crippen LogP contribution in [0.5, 0.6) is 5.75 Å². The summed E-state index contributed by atoms with van der Waals surface area (Å²) in [5.41, 5.74) is 0.281. The number of methoxy groups -OCH3 is 1. The molecule has 1 aliphatic heterocycles. The van der Waals surface area contributed by atoms with Crippen molar-refractivity contribution in [3.05, 3.63) is 18.3 Å². The van der Waals surface area contributed by atoms with E-state index in [0.29, 0.717) is 0 Å². The van der Waals surface area contributed by atoms with Crippen LogP contribution < -0.4 is 15.0 Å². The number of hydrogen-bond acceptors (Lipinski definition) is 4. The second-order valence-electron chi connectivity index (χ2n) is 4.85. The first kappa shape index (κ1) is 12.2. The molecule has 1 fully saturated rings. The van der Waals surface area contributed by atoms with Crippen molar-refractivity contribution in [1.29, 1.82) is 0 Å². The van der Waals surface area contributed by atoms with Crippen LogP contribution in [0.15, 0.2) is 18.3 Å². The lowest BCUT2D eigenvalue weighted by Gasteiger charge is -2.39. The van der Waals surface area contributed by atoms with Crippen LogP contribution in [0.2, 0.25) is 0 Å². The Kier molecular flexibility index (Phi) is 3.52. The van der Waals surface area contributed by atoms with Gasteiger partial charge in [0.05, 0.1) is 13.3 Å². The van der Waals surface area contributed by atoms with E-state index in [2.05, 4.69) is 22.1 Å². The maximum Gasteiger partial charge on any atom is 0.137 e. The van der Waals surface area contributed by atoms with Crippen LogP contribution in [0.4, 0.5) is 5.82 Å². The SMILES string of the molecule is CNC1(C)CCN(c2ccc(OC)cn2)CC1.